The summed E-state index contributed by atoms with van der Waals surface area (Å²) in [6, 6.07) is 6.44. The smallest absolute Gasteiger partial charge is 0.408 e. The van der Waals surface area contributed by atoms with Crippen LogP contribution in [0.25, 0.3) is 0 Å². The zero-order valence-corrected chi connectivity index (χ0v) is 7.71. The average Bonchev–Trinajstić information content (AvgIpc) is 1.91. The maximum Gasteiger partial charge on any atom is 0.408 e. The van der Waals surface area contributed by atoms with E-state index in [9.17, 15) is 8.78 Å². The Morgan fingerprint density at radius 2 is 1.75 bits per heavy atom. The first kappa shape index (κ1) is 9.40. The largest absolute Gasteiger partial charge is 0.430 e. The second kappa shape index (κ2) is 3.36. The van der Waals surface area contributed by atoms with E-state index in [1.165, 1.54) is 21.4 Å². The Balaban J connectivity index is 2.71. The summed E-state index contributed by atoms with van der Waals surface area (Å²) in [5.41, 5.74) is 1.01. The standard InChI is InChI=1S/C8H9F2OP/c1-6-2-4-7(5-3-6)11-8(9,10)12/h2-5H,12H2,1H3. The molecule has 0 fully saturated rings. The molecule has 0 saturated heterocycles. The first-order valence-electron chi connectivity index (χ1n) is 3.40. The number of benzene rings is 1. The van der Waals surface area contributed by atoms with Crippen molar-refractivity contribution in [3.63, 3.8) is 0 Å². The lowest BCUT2D eigenvalue weighted by Gasteiger charge is -2.12. The normalized spacial score (nSPS) is 11.3. The summed E-state index contributed by atoms with van der Waals surface area (Å²) in [5.74, 6) is -3.02. The average molecular weight is 190 g/mol. The van der Waals surface area contributed by atoms with E-state index in [1.807, 2.05) is 6.92 Å². The highest BCUT2D eigenvalue weighted by atomic mass is 31.0. The van der Waals surface area contributed by atoms with Gasteiger partial charge in [-0.2, -0.15) is 8.78 Å². The van der Waals surface area contributed by atoms with Crippen LogP contribution in [0.15, 0.2) is 24.3 Å². The van der Waals surface area contributed by atoms with E-state index in [1.54, 1.807) is 12.1 Å². The molecule has 1 rings (SSSR count). The highest BCUT2D eigenvalue weighted by molar-refractivity contribution is 7.17. The minimum absolute atomic E-state index is 0.167. The maximum atomic E-state index is 12.2. The van der Waals surface area contributed by atoms with Gasteiger partial charge in [0, 0.05) is 0 Å². The van der Waals surface area contributed by atoms with Gasteiger partial charge >= 0.3 is 5.85 Å². The Hall–Kier alpha value is -0.690. The summed E-state index contributed by atoms with van der Waals surface area (Å²) in [5, 5.41) is 0. The molecule has 1 nitrogen and oxygen atoms in total. The fraction of sp³-hybridized carbons (Fsp3) is 0.250. The molecule has 1 atom stereocenters. The van der Waals surface area contributed by atoms with Gasteiger partial charge in [0.15, 0.2) is 0 Å². The van der Waals surface area contributed by atoms with Gasteiger partial charge in [-0.25, -0.2) is 0 Å². The van der Waals surface area contributed by atoms with Gasteiger partial charge < -0.3 is 4.74 Å². The number of hydrogen-bond acceptors (Lipinski definition) is 1. The van der Waals surface area contributed by atoms with Crippen LogP contribution < -0.4 is 4.74 Å². The van der Waals surface area contributed by atoms with E-state index >= 15 is 0 Å². The minimum atomic E-state index is -3.19. The highest BCUT2D eigenvalue weighted by Crippen LogP contribution is 2.26. The van der Waals surface area contributed by atoms with Crippen LogP contribution in [0.2, 0.25) is 0 Å². The van der Waals surface area contributed by atoms with Crippen molar-refractivity contribution >= 4 is 9.24 Å². The van der Waals surface area contributed by atoms with Crippen LogP contribution in [-0.2, 0) is 0 Å². The first-order valence-corrected chi connectivity index (χ1v) is 3.97. The summed E-state index contributed by atoms with van der Waals surface area (Å²) in [7, 11) is 1.32. The van der Waals surface area contributed by atoms with Crippen LogP contribution in [0, 0.1) is 6.92 Å². The van der Waals surface area contributed by atoms with Gasteiger partial charge in [-0.3, -0.25) is 0 Å². The molecule has 0 aromatic heterocycles. The Kier molecular flexibility index (Phi) is 2.63. The summed E-state index contributed by atoms with van der Waals surface area (Å²) < 4.78 is 28.8. The Labute approximate surface area is 71.9 Å². The quantitative estimate of drug-likeness (QED) is 0.651. The molecule has 0 saturated carbocycles. The van der Waals surface area contributed by atoms with Gasteiger partial charge in [0.25, 0.3) is 0 Å². The molecule has 4 heteroatoms. The molecule has 66 valence electrons. The predicted octanol–water partition coefficient (Wildman–Crippen LogP) is 2.80. The third kappa shape index (κ3) is 3.14. The third-order valence-electron chi connectivity index (χ3n) is 1.27. The van der Waals surface area contributed by atoms with Gasteiger partial charge in [0.1, 0.15) is 5.75 Å². The molecule has 1 aromatic carbocycles. The van der Waals surface area contributed by atoms with E-state index in [2.05, 4.69) is 4.74 Å². The van der Waals surface area contributed by atoms with Gasteiger partial charge in [-0.15, -0.1) is 0 Å². The van der Waals surface area contributed by atoms with Crippen molar-refractivity contribution in [2.75, 3.05) is 0 Å². The molecule has 0 radical (unpaired) electrons. The van der Waals surface area contributed by atoms with E-state index in [0.717, 1.165) is 5.56 Å². The van der Waals surface area contributed by atoms with E-state index in [4.69, 9.17) is 0 Å². The van der Waals surface area contributed by atoms with Crippen LogP contribution in [0.3, 0.4) is 0 Å². The molecule has 0 heterocycles. The van der Waals surface area contributed by atoms with Crippen molar-refractivity contribution in [3.05, 3.63) is 29.8 Å². The molecule has 0 spiro atoms. The second-order valence-electron chi connectivity index (χ2n) is 2.48. The molecule has 0 aliphatic rings. The number of aryl methyl sites for hydroxylation is 1. The van der Waals surface area contributed by atoms with Crippen LogP contribution in [0.1, 0.15) is 5.56 Å². The minimum Gasteiger partial charge on any atom is -0.430 e. The summed E-state index contributed by atoms with van der Waals surface area (Å²) >= 11 is 0. The monoisotopic (exact) mass is 190 g/mol. The molecule has 0 aliphatic heterocycles. The van der Waals surface area contributed by atoms with Gasteiger partial charge in [0.2, 0.25) is 0 Å². The number of rotatable bonds is 2. The summed E-state index contributed by atoms with van der Waals surface area (Å²) in [4.78, 5) is 0. The van der Waals surface area contributed by atoms with Crippen LogP contribution >= 0.6 is 9.24 Å². The Bertz CT molecular complexity index is 253. The number of alkyl halides is 2. The molecule has 1 aromatic rings. The first-order chi connectivity index (χ1) is 5.47. The molecule has 1 unspecified atom stereocenters. The van der Waals surface area contributed by atoms with Crippen LogP contribution in [-0.4, -0.2) is 5.85 Å². The number of hydrogen-bond donors (Lipinski definition) is 0. The fourth-order valence-corrected chi connectivity index (χ4v) is 0.900. The van der Waals surface area contributed by atoms with Crippen molar-refractivity contribution in [2.45, 2.75) is 12.8 Å². The van der Waals surface area contributed by atoms with Crippen molar-refractivity contribution in [1.82, 2.24) is 0 Å². The molecule has 0 amide bonds. The van der Waals surface area contributed by atoms with Crippen LogP contribution in [0.5, 0.6) is 5.75 Å². The molecule has 0 bridgehead atoms. The second-order valence-corrected chi connectivity index (χ2v) is 3.15. The SMILES string of the molecule is Cc1ccc(OC(F)(F)P)cc1. The highest BCUT2D eigenvalue weighted by Gasteiger charge is 2.22. The lowest BCUT2D eigenvalue weighted by Crippen LogP contribution is -2.14. The Morgan fingerprint density at radius 1 is 1.25 bits per heavy atom. The van der Waals surface area contributed by atoms with Gasteiger partial charge in [-0.05, 0) is 28.3 Å². The predicted molar refractivity (Wildman–Crippen MR) is 46.5 cm³/mol. The van der Waals surface area contributed by atoms with Crippen LogP contribution in [0.4, 0.5) is 8.78 Å². The van der Waals surface area contributed by atoms with Gasteiger partial charge in [0.05, 0.1) is 0 Å². The molecule has 0 N–H and O–H groups in total. The fourth-order valence-electron chi connectivity index (χ4n) is 0.763. The molecular weight excluding hydrogens is 181 g/mol. The van der Waals surface area contributed by atoms with E-state index in [-0.39, 0.29) is 5.75 Å². The number of halogens is 2. The zero-order valence-electron chi connectivity index (χ0n) is 6.55. The lowest BCUT2D eigenvalue weighted by atomic mass is 10.2. The summed E-state index contributed by atoms with van der Waals surface area (Å²) in [6.07, 6.45) is 0. The molecule has 0 aliphatic carbocycles. The molecule has 12 heavy (non-hydrogen) atoms. The topological polar surface area (TPSA) is 9.23 Å². The van der Waals surface area contributed by atoms with Gasteiger partial charge in [-0.1, -0.05) is 17.7 Å². The maximum absolute atomic E-state index is 12.2. The van der Waals surface area contributed by atoms with Crippen molar-refractivity contribution < 1.29 is 13.5 Å². The van der Waals surface area contributed by atoms with Crippen molar-refractivity contribution in [2.24, 2.45) is 0 Å². The third-order valence-corrected chi connectivity index (χ3v) is 1.39. The lowest BCUT2D eigenvalue weighted by molar-refractivity contribution is -0.0892. The van der Waals surface area contributed by atoms with E-state index < -0.39 is 5.85 Å². The summed E-state index contributed by atoms with van der Waals surface area (Å²) in [6.45, 7) is 1.88. The Morgan fingerprint density at radius 3 is 2.17 bits per heavy atom. The van der Waals surface area contributed by atoms with Crippen molar-refractivity contribution in [3.8, 4) is 5.75 Å². The molecular formula is C8H9F2OP. The van der Waals surface area contributed by atoms with E-state index in [0.29, 0.717) is 0 Å². The van der Waals surface area contributed by atoms with Crippen molar-refractivity contribution in [1.29, 1.82) is 0 Å². The number of ether oxygens (including phenoxy) is 1. The zero-order chi connectivity index (χ0) is 9.19.